The molecule has 6 nitrogen and oxygen atoms in total. The largest absolute Gasteiger partial charge is 0.340 e. The molecule has 2 N–H and O–H groups in total. The van der Waals surface area contributed by atoms with Crippen LogP contribution < -0.4 is 5.73 Å². The van der Waals surface area contributed by atoms with E-state index in [2.05, 4.69) is 0 Å². The number of rotatable bonds is 5. The van der Waals surface area contributed by atoms with E-state index >= 15 is 0 Å². The molecule has 0 radical (unpaired) electrons. The molecule has 0 spiro atoms. The van der Waals surface area contributed by atoms with Crippen LogP contribution in [-0.4, -0.2) is 62.0 Å². The summed E-state index contributed by atoms with van der Waals surface area (Å²) in [6.07, 6.45) is 0.955. The van der Waals surface area contributed by atoms with Crippen LogP contribution in [0, 0.1) is 0 Å². The average molecular weight is 263 g/mol. The van der Waals surface area contributed by atoms with Gasteiger partial charge in [0.2, 0.25) is 15.9 Å². The molecule has 0 bridgehead atoms. The zero-order valence-electron chi connectivity index (χ0n) is 10.3. The Labute approximate surface area is 103 Å². The Bertz CT molecular complexity index is 348. The Morgan fingerprint density at radius 2 is 1.82 bits per heavy atom. The van der Waals surface area contributed by atoms with Crippen LogP contribution in [0.4, 0.5) is 0 Å². The number of sulfonamides is 1. The summed E-state index contributed by atoms with van der Waals surface area (Å²) in [5.74, 6) is 0.198. The molecule has 1 heterocycles. The topological polar surface area (TPSA) is 83.7 Å². The van der Waals surface area contributed by atoms with E-state index in [-0.39, 0.29) is 11.7 Å². The summed E-state index contributed by atoms with van der Waals surface area (Å²) in [6, 6.07) is 0. The zero-order valence-corrected chi connectivity index (χ0v) is 11.1. The van der Waals surface area contributed by atoms with Gasteiger partial charge in [-0.1, -0.05) is 6.92 Å². The number of amides is 1. The lowest BCUT2D eigenvalue weighted by Gasteiger charge is -2.34. The Morgan fingerprint density at radius 3 is 2.29 bits per heavy atom. The van der Waals surface area contributed by atoms with Gasteiger partial charge in [0.25, 0.3) is 0 Å². The zero-order chi connectivity index (χ0) is 12.9. The molecule has 1 amide bonds. The van der Waals surface area contributed by atoms with Crippen LogP contribution in [-0.2, 0) is 14.8 Å². The standard InChI is InChI=1S/C10H21N3O3S/c1-2-9-17(15,16)13-7-5-12(6-8-13)10(14)3-4-11/h2-9,11H2,1H3. The highest BCUT2D eigenvalue weighted by Crippen LogP contribution is 2.09. The number of carbonyl (C=O) groups is 1. The summed E-state index contributed by atoms with van der Waals surface area (Å²) in [5, 5.41) is 0. The summed E-state index contributed by atoms with van der Waals surface area (Å²) < 4.78 is 25.1. The molecule has 1 aliphatic heterocycles. The molecule has 0 aliphatic carbocycles. The fraction of sp³-hybridized carbons (Fsp3) is 0.900. The van der Waals surface area contributed by atoms with E-state index < -0.39 is 10.0 Å². The lowest BCUT2D eigenvalue weighted by Crippen LogP contribution is -2.51. The van der Waals surface area contributed by atoms with Crippen molar-refractivity contribution in [2.24, 2.45) is 5.73 Å². The van der Waals surface area contributed by atoms with Crippen LogP contribution in [0.5, 0.6) is 0 Å². The molecule has 1 fully saturated rings. The quantitative estimate of drug-likeness (QED) is 0.705. The highest BCUT2D eigenvalue weighted by molar-refractivity contribution is 7.89. The third-order valence-electron chi connectivity index (χ3n) is 2.81. The highest BCUT2D eigenvalue weighted by Gasteiger charge is 2.27. The average Bonchev–Trinajstić information content (AvgIpc) is 2.29. The van der Waals surface area contributed by atoms with E-state index in [4.69, 9.17) is 5.73 Å². The molecule has 17 heavy (non-hydrogen) atoms. The lowest BCUT2D eigenvalue weighted by atomic mass is 10.3. The molecule has 0 aromatic carbocycles. The minimum absolute atomic E-state index is 0.0139. The first-order chi connectivity index (χ1) is 8.01. The van der Waals surface area contributed by atoms with Crippen molar-refractivity contribution < 1.29 is 13.2 Å². The van der Waals surface area contributed by atoms with Crippen molar-refractivity contribution in [2.45, 2.75) is 19.8 Å². The van der Waals surface area contributed by atoms with E-state index in [0.29, 0.717) is 45.6 Å². The maximum atomic E-state index is 11.8. The van der Waals surface area contributed by atoms with Crippen LogP contribution in [0.1, 0.15) is 19.8 Å². The Hall–Kier alpha value is -0.660. The first-order valence-electron chi connectivity index (χ1n) is 5.97. The molecule has 0 unspecified atom stereocenters. The normalized spacial score (nSPS) is 18.4. The number of piperazine rings is 1. The van der Waals surface area contributed by atoms with Crippen molar-refractivity contribution in [3.05, 3.63) is 0 Å². The highest BCUT2D eigenvalue weighted by atomic mass is 32.2. The third-order valence-corrected chi connectivity index (χ3v) is 4.88. The number of nitrogens with two attached hydrogens (primary N) is 1. The van der Waals surface area contributed by atoms with Gasteiger partial charge in [0.05, 0.1) is 5.75 Å². The van der Waals surface area contributed by atoms with Crippen molar-refractivity contribution >= 4 is 15.9 Å². The number of nitrogens with zero attached hydrogens (tertiary/aromatic N) is 2. The van der Waals surface area contributed by atoms with Gasteiger partial charge >= 0.3 is 0 Å². The second kappa shape index (κ2) is 6.32. The lowest BCUT2D eigenvalue weighted by molar-refractivity contribution is -0.132. The molecular formula is C10H21N3O3S. The van der Waals surface area contributed by atoms with E-state index in [1.54, 1.807) is 4.90 Å². The maximum absolute atomic E-state index is 11.8. The van der Waals surface area contributed by atoms with Crippen molar-refractivity contribution in [3.63, 3.8) is 0 Å². The number of hydrogen-bond acceptors (Lipinski definition) is 4. The van der Waals surface area contributed by atoms with Crippen LogP contribution in [0.15, 0.2) is 0 Å². The van der Waals surface area contributed by atoms with Crippen LogP contribution >= 0.6 is 0 Å². The van der Waals surface area contributed by atoms with Gasteiger partial charge < -0.3 is 10.6 Å². The Morgan fingerprint density at radius 1 is 1.24 bits per heavy atom. The number of carbonyl (C=O) groups excluding carboxylic acids is 1. The molecule has 1 rings (SSSR count). The van der Waals surface area contributed by atoms with Crippen LogP contribution in [0.2, 0.25) is 0 Å². The van der Waals surface area contributed by atoms with Crippen molar-refractivity contribution in [3.8, 4) is 0 Å². The minimum Gasteiger partial charge on any atom is -0.340 e. The summed E-state index contributed by atoms with van der Waals surface area (Å²) in [5.41, 5.74) is 5.32. The summed E-state index contributed by atoms with van der Waals surface area (Å²) in [6.45, 7) is 3.94. The van der Waals surface area contributed by atoms with Crippen molar-refractivity contribution in [1.29, 1.82) is 0 Å². The monoisotopic (exact) mass is 263 g/mol. The van der Waals surface area contributed by atoms with Crippen LogP contribution in [0.3, 0.4) is 0 Å². The van der Waals surface area contributed by atoms with Gasteiger partial charge in [-0.05, 0) is 6.42 Å². The first-order valence-corrected chi connectivity index (χ1v) is 7.58. The fourth-order valence-electron chi connectivity index (χ4n) is 1.88. The molecule has 0 aromatic heterocycles. The van der Waals surface area contributed by atoms with Gasteiger partial charge in [0.15, 0.2) is 0 Å². The smallest absolute Gasteiger partial charge is 0.223 e. The molecule has 0 atom stereocenters. The second-order valence-corrected chi connectivity index (χ2v) is 6.22. The van der Waals surface area contributed by atoms with Gasteiger partial charge in [-0.3, -0.25) is 4.79 Å². The summed E-state index contributed by atoms with van der Waals surface area (Å²) >= 11 is 0. The van der Waals surface area contributed by atoms with Gasteiger partial charge in [-0.2, -0.15) is 4.31 Å². The molecule has 0 aromatic rings. The summed E-state index contributed by atoms with van der Waals surface area (Å²) in [4.78, 5) is 13.2. The Kier molecular flexibility index (Phi) is 5.35. The van der Waals surface area contributed by atoms with Crippen molar-refractivity contribution in [1.82, 2.24) is 9.21 Å². The Balaban J connectivity index is 2.48. The van der Waals surface area contributed by atoms with Gasteiger partial charge in [-0.15, -0.1) is 0 Å². The van der Waals surface area contributed by atoms with Crippen molar-refractivity contribution in [2.75, 3.05) is 38.5 Å². The predicted octanol–water partition coefficient (Wildman–Crippen LogP) is -0.781. The second-order valence-electron chi connectivity index (χ2n) is 4.13. The molecule has 7 heteroatoms. The fourth-order valence-corrected chi connectivity index (χ4v) is 3.38. The minimum atomic E-state index is -3.12. The SMILES string of the molecule is CCCS(=O)(=O)N1CCN(C(=O)CCN)CC1. The maximum Gasteiger partial charge on any atom is 0.223 e. The van der Waals surface area contributed by atoms with Crippen LogP contribution in [0.25, 0.3) is 0 Å². The third kappa shape index (κ3) is 3.93. The molecule has 1 saturated heterocycles. The summed E-state index contributed by atoms with van der Waals surface area (Å²) in [7, 11) is -3.12. The predicted molar refractivity (Wildman–Crippen MR) is 65.9 cm³/mol. The van der Waals surface area contributed by atoms with E-state index in [1.165, 1.54) is 4.31 Å². The van der Waals surface area contributed by atoms with Gasteiger partial charge in [0.1, 0.15) is 0 Å². The first kappa shape index (κ1) is 14.4. The van der Waals surface area contributed by atoms with Gasteiger partial charge in [0, 0.05) is 39.1 Å². The van der Waals surface area contributed by atoms with Gasteiger partial charge in [-0.25, -0.2) is 8.42 Å². The number of hydrogen-bond donors (Lipinski definition) is 1. The van der Waals surface area contributed by atoms with E-state index in [9.17, 15) is 13.2 Å². The van der Waals surface area contributed by atoms with E-state index in [1.807, 2.05) is 6.92 Å². The molecule has 0 saturated carbocycles. The molecule has 1 aliphatic rings. The van der Waals surface area contributed by atoms with E-state index in [0.717, 1.165) is 0 Å². The molecule has 100 valence electrons. The molecular weight excluding hydrogens is 242 g/mol.